The minimum Gasteiger partial charge on any atom is -0.471 e. The van der Waals surface area contributed by atoms with Crippen LogP contribution in [-0.4, -0.2) is 77.9 Å². The zero-order chi connectivity index (χ0) is 43.6. The second-order valence-corrected chi connectivity index (χ2v) is 16.4. The molecule has 2 fully saturated rings. The molecule has 14 heteroatoms. The van der Waals surface area contributed by atoms with Crippen molar-refractivity contribution in [3.8, 4) is 11.8 Å². The van der Waals surface area contributed by atoms with Gasteiger partial charge >= 0.3 is 0 Å². The molecule has 0 amide bonds. The Morgan fingerprint density at radius 1 is 0.629 bits per heavy atom. The number of hydrogen-bond donors (Lipinski definition) is 1. The van der Waals surface area contributed by atoms with Crippen LogP contribution in [0.3, 0.4) is 0 Å². The smallest absolute Gasteiger partial charge is 0.232 e. The molecule has 0 saturated carbocycles. The quantitative estimate of drug-likeness (QED) is 0.0835. The second-order valence-electron chi connectivity index (χ2n) is 14.7. The first-order valence-electron chi connectivity index (χ1n) is 20.0. The summed E-state index contributed by atoms with van der Waals surface area (Å²) in [5.74, 6) is 0.630. The molecule has 0 bridgehead atoms. The summed E-state index contributed by atoms with van der Waals surface area (Å²) < 4.78 is 12.0. The lowest BCUT2D eigenvalue weighted by Crippen LogP contribution is -2.26. The third kappa shape index (κ3) is 11.1. The van der Waals surface area contributed by atoms with Crippen molar-refractivity contribution in [1.82, 2.24) is 9.97 Å². The van der Waals surface area contributed by atoms with Gasteiger partial charge in [-0.3, -0.25) is 9.59 Å². The van der Waals surface area contributed by atoms with Crippen LogP contribution in [0.25, 0.3) is 0 Å². The minimum absolute atomic E-state index is 0.0336. The molecule has 0 spiro atoms. The Balaban J connectivity index is 0.000000186. The average Bonchev–Trinajstić information content (AvgIpc) is 3.95. The van der Waals surface area contributed by atoms with E-state index in [0.717, 1.165) is 54.7 Å². The zero-order valence-electron chi connectivity index (χ0n) is 33.4. The molecule has 2 saturated heterocycles. The fourth-order valence-electron chi connectivity index (χ4n) is 7.50. The molecule has 0 aliphatic carbocycles. The van der Waals surface area contributed by atoms with Gasteiger partial charge in [-0.15, -0.1) is 0 Å². The number of aldehydes is 1. The molecular formula is C48H42Cl4N4O6. The van der Waals surface area contributed by atoms with E-state index in [1.54, 1.807) is 97.3 Å². The van der Waals surface area contributed by atoms with Gasteiger partial charge in [-0.2, -0.15) is 0 Å². The standard InChI is InChI=1S/C24H22Cl2N2O3.C24H20Cl2N2O3/c2*25-19-4-1-3-17(13-19)23(30)18-7-6-16(9-12-29)22(14-18)28-11-8-20(15-28)31-24-21(26)5-2-10-27-24/h1-7,10,13-14,20,29H,8-9,11-12,15H2;1-7,10,12-14,20H,8-9,11,15H2/t2*20-/m00/s1. The van der Waals surface area contributed by atoms with Gasteiger partial charge < -0.3 is 29.2 Å². The Hall–Kier alpha value is -5.49. The summed E-state index contributed by atoms with van der Waals surface area (Å²) in [6.45, 7) is 2.78. The van der Waals surface area contributed by atoms with Gasteiger partial charge in [0, 0.05) is 95.0 Å². The van der Waals surface area contributed by atoms with Gasteiger partial charge in [0.1, 0.15) is 28.5 Å². The number of ether oxygens (including phenoxy) is 2. The number of benzene rings is 4. The van der Waals surface area contributed by atoms with E-state index >= 15 is 0 Å². The summed E-state index contributed by atoms with van der Waals surface area (Å²) in [6.07, 6.45) is 6.36. The molecule has 2 aliphatic heterocycles. The fourth-order valence-corrected chi connectivity index (χ4v) is 8.22. The van der Waals surface area contributed by atoms with Crippen LogP contribution in [0, 0.1) is 0 Å². The molecule has 0 unspecified atom stereocenters. The maximum Gasteiger partial charge on any atom is 0.232 e. The monoisotopic (exact) mass is 910 g/mol. The highest BCUT2D eigenvalue weighted by atomic mass is 35.5. The van der Waals surface area contributed by atoms with Gasteiger partial charge in [-0.25, -0.2) is 9.97 Å². The molecule has 2 aromatic heterocycles. The van der Waals surface area contributed by atoms with Crippen LogP contribution in [-0.2, 0) is 17.6 Å². The lowest BCUT2D eigenvalue weighted by molar-refractivity contribution is -0.107. The Bertz CT molecular complexity index is 2560. The van der Waals surface area contributed by atoms with Crippen molar-refractivity contribution in [3.05, 3.63) is 175 Å². The van der Waals surface area contributed by atoms with Crippen molar-refractivity contribution in [2.45, 2.75) is 37.9 Å². The van der Waals surface area contributed by atoms with Crippen molar-refractivity contribution in [1.29, 1.82) is 0 Å². The predicted molar refractivity (Wildman–Crippen MR) is 244 cm³/mol. The highest BCUT2D eigenvalue weighted by Crippen LogP contribution is 2.32. The average molecular weight is 913 g/mol. The molecule has 2 atom stereocenters. The van der Waals surface area contributed by atoms with E-state index in [0.29, 0.717) is 73.6 Å². The largest absolute Gasteiger partial charge is 0.471 e. The van der Waals surface area contributed by atoms with Crippen molar-refractivity contribution >= 4 is 75.6 Å². The molecule has 1 N–H and O–H groups in total. The number of aromatic nitrogens is 2. The van der Waals surface area contributed by atoms with E-state index in [-0.39, 0.29) is 36.8 Å². The molecule has 6 aromatic rings. The third-order valence-corrected chi connectivity index (χ3v) is 11.6. The number of hydrogen-bond acceptors (Lipinski definition) is 10. The van der Waals surface area contributed by atoms with Gasteiger partial charge in [-0.1, -0.05) is 94.9 Å². The van der Waals surface area contributed by atoms with E-state index in [1.165, 1.54) is 0 Å². The molecule has 8 rings (SSSR count). The van der Waals surface area contributed by atoms with Crippen molar-refractivity contribution in [2.24, 2.45) is 0 Å². The number of aliphatic hydroxyl groups is 1. The summed E-state index contributed by atoms with van der Waals surface area (Å²) in [5, 5.41) is 11.5. The molecule has 2 aliphatic rings. The zero-order valence-corrected chi connectivity index (χ0v) is 36.5. The maximum absolute atomic E-state index is 13.0. The number of aliphatic hydroxyl groups excluding tert-OH is 1. The van der Waals surface area contributed by atoms with Gasteiger partial charge in [0.2, 0.25) is 11.8 Å². The lowest BCUT2D eigenvalue weighted by atomic mass is 9.99. The van der Waals surface area contributed by atoms with Gasteiger partial charge in [0.15, 0.2) is 11.6 Å². The summed E-state index contributed by atoms with van der Waals surface area (Å²) in [6, 6.07) is 31.9. The van der Waals surface area contributed by atoms with Crippen molar-refractivity contribution < 1.29 is 29.0 Å². The van der Waals surface area contributed by atoms with E-state index < -0.39 is 0 Å². The van der Waals surface area contributed by atoms with Crippen LogP contribution < -0.4 is 19.3 Å². The van der Waals surface area contributed by atoms with E-state index in [1.807, 2.05) is 24.3 Å². The molecule has 318 valence electrons. The molecule has 10 nitrogen and oxygen atoms in total. The molecule has 4 aromatic carbocycles. The fraction of sp³-hybridized carbons (Fsp3) is 0.229. The van der Waals surface area contributed by atoms with Crippen LogP contribution in [0.4, 0.5) is 11.4 Å². The maximum atomic E-state index is 13.0. The van der Waals surface area contributed by atoms with Gasteiger partial charge in [0.25, 0.3) is 0 Å². The normalized spacial score (nSPS) is 15.8. The van der Waals surface area contributed by atoms with Crippen molar-refractivity contribution in [3.63, 3.8) is 0 Å². The topological polar surface area (TPSA) is 122 Å². The first-order chi connectivity index (χ1) is 30.1. The summed E-state index contributed by atoms with van der Waals surface area (Å²) >= 11 is 24.4. The van der Waals surface area contributed by atoms with E-state index in [4.69, 9.17) is 55.9 Å². The number of ketones is 2. The summed E-state index contributed by atoms with van der Waals surface area (Å²) in [7, 11) is 0. The van der Waals surface area contributed by atoms with Crippen LogP contribution in [0.1, 0.15) is 55.8 Å². The number of carbonyl (C=O) groups is 3. The first-order valence-corrected chi connectivity index (χ1v) is 21.6. The molecule has 4 heterocycles. The van der Waals surface area contributed by atoms with Crippen LogP contribution in [0.15, 0.2) is 122 Å². The van der Waals surface area contributed by atoms with E-state index in [2.05, 4.69) is 19.8 Å². The van der Waals surface area contributed by atoms with Crippen molar-refractivity contribution in [2.75, 3.05) is 42.6 Å². The molecule has 0 radical (unpaired) electrons. The van der Waals surface area contributed by atoms with Gasteiger partial charge in [0.05, 0.1) is 13.1 Å². The number of rotatable bonds is 14. The number of pyridine rings is 2. The third-order valence-electron chi connectivity index (χ3n) is 10.5. The SMILES string of the molecule is O=C(c1cccc(Cl)c1)c1ccc(CCO)c(N2CC[C@H](Oc3ncccc3Cl)C2)c1.O=CCc1ccc(C(=O)c2cccc(Cl)c2)cc1N1CC[C@H](Oc2ncccc2Cl)C1. The highest BCUT2D eigenvalue weighted by molar-refractivity contribution is 6.32. The molecular weight excluding hydrogens is 870 g/mol. The first kappa shape index (κ1) is 44.6. The van der Waals surface area contributed by atoms with Crippen LogP contribution in [0.5, 0.6) is 11.8 Å². The lowest BCUT2D eigenvalue weighted by Gasteiger charge is -2.23. The number of halogens is 4. The summed E-state index contributed by atoms with van der Waals surface area (Å²) in [4.78, 5) is 49.9. The number of carbonyl (C=O) groups excluding carboxylic acids is 3. The van der Waals surface area contributed by atoms with E-state index in [9.17, 15) is 19.5 Å². The van der Waals surface area contributed by atoms with Crippen LogP contribution >= 0.6 is 46.4 Å². The molecule has 62 heavy (non-hydrogen) atoms. The predicted octanol–water partition coefficient (Wildman–Crippen LogP) is 9.83. The Morgan fingerprint density at radius 3 is 1.55 bits per heavy atom. The summed E-state index contributed by atoms with van der Waals surface area (Å²) in [5.41, 5.74) is 5.84. The Kier molecular flexibility index (Phi) is 15.1. The minimum atomic E-state index is -0.117. The van der Waals surface area contributed by atoms with Gasteiger partial charge in [-0.05, 0) is 78.2 Å². The highest BCUT2D eigenvalue weighted by Gasteiger charge is 2.29. The Morgan fingerprint density at radius 2 is 1.10 bits per heavy atom. The number of nitrogens with zero attached hydrogens (tertiary/aromatic N) is 4. The number of anilines is 2. The van der Waals surface area contributed by atoms with Crippen LogP contribution in [0.2, 0.25) is 20.1 Å². The second kappa shape index (κ2) is 21.1. The Labute approximate surface area is 379 Å².